The van der Waals surface area contributed by atoms with E-state index in [-0.39, 0.29) is 24.4 Å². The predicted molar refractivity (Wildman–Crippen MR) is 81.6 cm³/mol. The Bertz CT molecular complexity index is 719. The van der Waals surface area contributed by atoms with E-state index in [9.17, 15) is 9.59 Å². The lowest BCUT2D eigenvalue weighted by Gasteiger charge is -2.10. The molecule has 0 bridgehead atoms. The van der Waals surface area contributed by atoms with Crippen LogP contribution < -0.4 is 21.7 Å². The highest BCUT2D eigenvalue weighted by atomic mass is 16.5. The van der Waals surface area contributed by atoms with Crippen molar-refractivity contribution in [3.63, 3.8) is 0 Å². The molecule has 1 heterocycles. The Morgan fingerprint density at radius 1 is 1.19 bits per heavy atom. The summed E-state index contributed by atoms with van der Waals surface area (Å²) in [4.78, 5) is 23.9. The molecule has 0 saturated carbocycles. The Morgan fingerprint density at radius 2 is 2.00 bits per heavy atom. The molecule has 0 unspecified atom stereocenters. The minimum atomic E-state index is -0.316. The molecule has 0 radical (unpaired) electrons. The summed E-state index contributed by atoms with van der Waals surface area (Å²) in [6, 6.07) is 8.42. The van der Waals surface area contributed by atoms with Crippen LogP contribution in [0.1, 0.15) is 13.3 Å². The number of nitrogens with zero attached hydrogens (tertiary/aromatic N) is 2. The number of ether oxygens (including phenoxy) is 1. The van der Waals surface area contributed by atoms with Gasteiger partial charge in [-0.1, -0.05) is 13.0 Å². The quantitative estimate of drug-likeness (QED) is 0.807. The Balaban J connectivity index is 2.08. The number of hydrogen-bond donors (Lipinski definition) is 1. The van der Waals surface area contributed by atoms with Crippen molar-refractivity contribution in [2.45, 2.75) is 26.4 Å². The summed E-state index contributed by atoms with van der Waals surface area (Å²) in [7, 11) is 0. The maximum absolute atomic E-state index is 12.1. The zero-order valence-electron chi connectivity index (χ0n) is 12.0. The van der Waals surface area contributed by atoms with E-state index in [0.29, 0.717) is 18.0 Å². The van der Waals surface area contributed by atoms with Crippen molar-refractivity contribution < 1.29 is 4.74 Å². The van der Waals surface area contributed by atoms with Crippen LogP contribution in [0.25, 0.3) is 0 Å². The van der Waals surface area contributed by atoms with Crippen molar-refractivity contribution in [3.8, 4) is 5.75 Å². The van der Waals surface area contributed by atoms with E-state index in [1.54, 1.807) is 24.3 Å². The van der Waals surface area contributed by atoms with Crippen LogP contribution >= 0.6 is 0 Å². The van der Waals surface area contributed by atoms with Crippen LogP contribution in [0, 0.1) is 0 Å². The van der Waals surface area contributed by atoms with E-state index in [1.807, 2.05) is 6.92 Å². The topological polar surface area (TPSA) is 79.2 Å². The lowest BCUT2D eigenvalue weighted by Crippen LogP contribution is -2.40. The average molecular weight is 289 g/mol. The van der Waals surface area contributed by atoms with Gasteiger partial charge in [-0.25, -0.2) is 4.79 Å². The zero-order valence-corrected chi connectivity index (χ0v) is 12.0. The summed E-state index contributed by atoms with van der Waals surface area (Å²) in [5.74, 6) is 0.618. The van der Waals surface area contributed by atoms with Crippen molar-refractivity contribution in [1.82, 2.24) is 9.13 Å². The van der Waals surface area contributed by atoms with Gasteiger partial charge in [0.1, 0.15) is 12.4 Å². The Labute approximate surface area is 122 Å². The van der Waals surface area contributed by atoms with Gasteiger partial charge in [0.2, 0.25) is 0 Å². The van der Waals surface area contributed by atoms with Crippen LogP contribution in [0.3, 0.4) is 0 Å². The van der Waals surface area contributed by atoms with E-state index in [0.717, 1.165) is 6.42 Å². The average Bonchev–Trinajstić information content (AvgIpc) is 2.46. The van der Waals surface area contributed by atoms with Gasteiger partial charge in [-0.2, -0.15) is 0 Å². The minimum Gasteiger partial charge on any atom is -0.492 e. The first-order chi connectivity index (χ1) is 10.1. The van der Waals surface area contributed by atoms with Gasteiger partial charge < -0.3 is 15.0 Å². The van der Waals surface area contributed by atoms with E-state index in [2.05, 4.69) is 0 Å². The van der Waals surface area contributed by atoms with Crippen LogP contribution in [0.15, 0.2) is 46.1 Å². The molecule has 1 aromatic carbocycles. The standard InChI is InChI=1S/C15H19N3O3/c1-2-7-17-8-6-14(19)18(15(17)20)9-10-21-13-5-3-4-12(16)11-13/h3-6,8,11H,2,7,9-10,16H2,1H3. The molecule has 21 heavy (non-hydrogen) atoms. The first-order valence-corrected chi connectivity index (χ1v) is 6.90. The number of aryl methyl sites for hydroxylation is 1. The van der Waals surface area contributed by atoms with Crippen molar-refractivity contribution in [3.05, 3.63) is 57.4 Å². The van der Waals surface area contributed by atoms with E-state index >= 15 is 0 Å². The second-order valence-corrected chi connectivity index (χ2v) is 4.70. The van der Waals surface area contributed by atoms with Crippen LogP contribution in [0.5, 0.6) is 5.75 Å². The fourth-order valence-corrected chi connectivity index (χ4v) is 2.03. The first-order valence-electron chi connectivity index (χ1n) is 6.90. The number of rotatable bonds is 6. The molecule has 0 fully saturated rings. The third-order valence-electron chi connectivity index (χ3n) is 3.05. The fourth-order valence-electron chi connectivity index (χ4n) is 2.03. The van der Waals surface area contributed by atoms with Gasteiger partial charge >= 0.3 is 5.69 Å². The highest BCUT2D eigenvalue weighted by Crippen LogP contribution is 2.13. The summed E-state index contributed by atoms with van der Waals surface area (Å²) in [6.07, 6.45) is 2.36. The molecule has 0 atom stereocenters. The second-order valence-electron chi connectivity index (χ2n) is 4.70. The highest BCUT2D eigenvalue weighted by Gasteiger charge is 2.05. The molecule has 0 amide bonds. The largest absolute Gasteiger partial charge is 0.492 e. The number of nitrogens with two attached hydrogens (primary N) is 1. The monoisotopic (exact) mass is 289 g/mol. The summed E-state index contributed by atoms with van der Waals surface area (Å²) >= 11 is 0. The maximum atomic E-state index is 12.1. The summed E-state index contributed by atoms with van der Waals surface area (Å²) in [5, 5.41) is 0. The number of nitrogen functional groups attached to an aromatic ring is 1. The third-order valence-corrected chi connectivity index (χ3v) is 3.05. The lowest BCUT2D eigenvalue weighted by molar-refractivity contribution is 0.291. The number of aromatic nitrogens is 2. The first kappa shape index (κ1) is 14.9. The predicted octanol–water partition coefficient (Wildman–Crippen LogP) is 1.08. The molecule has 0 aliphatic carbocycles. The molecule has 112 valence electrons. The molecule has 1 aromatic heterocycles. The summed E-state index contributed by atoms with van der Waals surface area (Å²) in [6.45, 7) is 3.01. The molecule has 0 aliphatic heterocycles. The van der Waals surface area contributed by atoms with Crippen LogP contribution in [0.2, 0.25) is 0 Å². The molecular formula is C15H19N3O3. The van der Waals surface area contributed by atoms with Crippen molar-refractivity contribution in [2.24, 2.45) is 0 Å². The van der Waals surface area contributed by atoms with Crippen molar-refractivity contribution in [1.29, 1.82) is 0 Å². The van der Waals surface area contributed by atoms with Gasteiger partial charge in [0.05, 0.1) is 6.54 Å². The van der Waals surface area contributed by atoms with Crippen molar-refractivity contribution in [2.75, 3.05) is 12.3 Å². The smallest absolute Gasteiger partial charge is 0.331 e. The van der Waals surface area contributed by atoms with Gasteiger partial charge in [-0.3, -0.25) is 9.36 Å². The maximum Gasteiger partial charge on any atom is 0.331 e. The highest BCUT2D eigenvalue weighted by molar-refractivity contribution is 5.43. The molecule has 2 N–H and O–H groups in total. The normalized spacial score (nSPS) is 10.5. The Morgan fingerprint density at radius 3 is 2.71 bits per heavy atom. The van der Waals surface area contributed by atoms with E-state index < -0.39 is 0 Å². The number of hydrogen-bond acceptors (Lipinski definition) is 4. The van der Waals surface area contributed by atoms with E-state index in [4.69, 9.17) is 10.5 Å². The summed E-state index contributed by atoms with van der Waals surface area (Å²) in [5.41, 5.74) is 5.64. The van der Waals surface area contributed by atoms with Gasteiger partial charge in [0.15, 0.2) is 0 Å². The van der Waals surface area contributed by atoms with Gasteiger partial charge in [0, 0.05) is 30.6 Å². The van der Waals surface area contributed by atoms with Gasteiger partial charge in [0.25, 0.3) is 5.56 Å². The number of benzene rings is 1. The molecule has 2 aromatic rings. The zero-order chi connectivity index (χ0) is 15.2. The second kappa shape index (κ2) is 6.78. The van der Waals surface area contributed by atoms with Crippen LogP contribution in [-0.4, -0.2) is 15.7 Å². The van der Waals surface area contributed by atoms with Crippen LogP contribution in [0.4, 0.5) is 5.69 Å². The lowest BCUT2D eigenvalue weighted by atomic mass is 10.3. The molecular weight excluding hydrogens is 270 g/mol. The Kier molecular flexibility index (Phi) is 4.81. The fraction of sp³-hybridized carbons (Fsp3) is 0.333. The number of anilines is 1. The third kappa shape index (κ3) is 3.75. The molecule has 2 rings (SSSR count). The molecule has 0 aliphatic rings. The molecule has 0 saturated heterocycles. The van der Waals surface area contributed by atoms with Gasteiger partial charge in [-0.15, -0.1) is 0 Å². The molecule has 6 heteroatoms. The molecule has 6 nitrogen and oxygen atoms in total. The minimum absolute atomic E-state index is 0.205. The van der Waals surface area contributed by atoms with E-state index in [1.165, 1.54) is 21.4 Å². The summed E-state index contributed by atoms with van der Waals surface area (Å²) < 4.78 is 8.22. The molecule has 0 spiro atoms. The van der Waals surface area contributed by atoms with Crippen LogP contribution in [-0.2, 0) is 13.1 Å². The van der Waals surface area contributed by atoms with Crippen molar-refractivity contribution >= 4 is 5.69 Å². The van der Waals surface area contributed by atoms with Gasteiger partial charge in [-0.05, 0) is 18.6 Å². The SMILES string of the molecule is CCCn1ccc(=O)n(CCOc2cccc(N)c2)c1=O. The Hall–Kier alpha value is -2.50.